The number of unbranched alkanes of at least 4 members (excludes halogenated alkanes) is 2. The molecule has 0 amide bonds. The lowest BCUT2D eigenvalue weighted by atomic mass is 9.76. The number of hydrogen-bond acceptors (Lipinski definition) is 3. The molecule has 1 atom stereocenters. The summed E-state index contributed by atoms with van der Waals surface area (Å²) >= 11 is 0. The number of aliphatic hydroxyl groups is 1. The van der Waals surface area contributed by atoms with Crippen molar-refractivity contribution in [3.05, 3.63) is 96.1 Å². The molecule has 1 aliphatic carbocycles. The lowest BCUT2D eigenvalue weighted by molar-refractivity contribution is -0.139. The number of carbonyl (C=O) groups is 1. The number of fused-ring (bicyclic) bond motifs is 2. The van der Waals surface area contributed by atoms with Crippen LogP contribution in [0.25, 0.3) is 32.7 Å². The fourth-order valence-electron chi connectivity index (χ4n) is 6.42. The van der Waals surface area contributed by atoms with Gasteiger partial charge in [-0.15, -0.1) is 0 Å². The van der Waals surface area contributed by atoms with Crippen molar-refractivity contribution in [3.8, 4) is 11.1 Å². The molecular formula is C38H44O3. The van der Waals surface area contributed by atoms with Crippen molar-refractivity contribution in [3.63, 3.8) is 0 Å². The van der Waals surface area contributed by atoms with E-state index < -0.39 is 5.97 Å². The van der Waals surface area contributed by atoms with Crippen LogP contribution in [0.5, 0.6) is 0 Å². The molecule has 3 heteroatoms. The van der Waals surface area contributed by atoms with E-state index in [-0.39, 0.29) is 19.1 Å². The molecule has 0 radical (unpaired) electrons. The largest absolute Gasteiger partial charge is 0.462 e. The minimum Gasteiger partial charge on any atom is -0.462 e. The summed E-state index contributed by atoms with van der Waals surface area (Å²) < 4.78 is 5.30. The van der Waals surface area contributed by atoms with E-state index in [4.69, 9.17) is 4.74 Å². The summed E-state index contributed by atoms with van der Waals surface area (Å²) in [5.41, 5.74) is 5.22. The van der Waals surface area contributed by atoms with Crippen LogP contribution < -0.4 is 0 Å². The van der Waals surface area contributed by atoms with Gasteiger partial charge in [-0.1, -0.05) is 99.8 Å². The Morgan fingerprint density at radius 1 is 0.854 bits per heavy atom. The number of rotatable bonds is 11. The van der Waals surface area contributed by atoms with Crippen molar-refractivity contribution in [2.45, 2.75) is 77.0 Å². The maximum atomic E-state index is 11.8. The van der Waals surface area contributed by atoms with Crippen molar-refractivity contribution < 1.29 is 14.6 Å². The predicted octanol–water partition coefficient (Wildman–Crippen LogP) is 9.71. The SMILES string of the molecule is C=C(C)C(=O)OCC(CO)c1ccc2cc(-c3ccc4cc(C5CCC(CCCCC)CC5)ccc4c3)ccc2c1. The van der Waals surface area contributed by atoms with Gasteiger partial charge in [-0.2, -0.15) is 0 Å². The molecule has 1 saturated carbocycles. The van der Waals surface area contributed by atoms with E-state index in [1.54, 1.807) is 6.92 Å². The Morgan fingerprint density at radius 2 is 1.46 bits per heavy atom. The highest BCUT2D eigenvalue weighted by Crippen LogP contribution is 2.39. The average molecular weight is 549 g/mol. The summed E-state index contributed by atoms with van der Waals surface area (Å²) in [7, 11) is 0. The number of esters is 1. The smallest absolute Gasteiger partial charge is 0.333 e. The van der Waals surface area contributed by atoms with E-state index in [1.807, 2.05) is 6.07 Å². The highest BCUT2D eigenvalue weighted by Gasteiger charge is 2.22. The van der Waals surface area contributed by atoms with Crippen LogP contribution in [0, 0.1) is 5.92 Å². The summed E-state index contributed by atoms with van der Waals surface area (Å²) in [5.74, 6) is 0.946. The molecule has 0 heterocycles. The van der Waals surface area contributed by atoms with Crippen LogP contribution >= 0.6 is 0 Å². The van der Waals surface area contributed by atoms with Crippen LogP contribution in [-0.4, -0.2) is 24.3 Å². The van der Waals surface area contributed by atoms with Crippen molar-refractivity contribution in [2.24, 2.45) is 5.92 Å². The Kier molecular flexibility index (Phi) is 9.57. The predicted molar refractivity (Wildman–Crippen MR) is 171 cm³/mol. The summed E-state index contributed by atoms with van der Waals surface area (Å²) in [4.78, 5) is 11.8. The Hall–Kier alpha value is -3.43. The quantitative estimate of drug-likeness (QED) is 0.115. The first-order chi connectivity index (χ1) is 19.9. The Bertz CT molecular complexity index is 1510. The van der Waals surface area contributed by atoms with Crippen molar-refractivity contribution >= 4 is 27.5 Å². The van der Waals surface area contributed by atoms with Crippen LogP contribution in [0.4, 0.5) is 0 Å². The van der Waals surface area contributed by atoms with Gasteiger partial charge in [-0.05, 0) is 100 Å². The van der Waals surface area contributed by atoms with Gasteiger partial charge in [0.05, 0.1) is 6.61 Å². The van der Waals surface area contributed by atoms with E-state index in [1.165, 1.54) is 78.8 Å². The molecule has 214 valence electrons. The summed E-state index contributed by atoms with van der Waals surface area (Å²) in [6.07, 6.45) is 11.0. The molecule has 1 aliphatic rings. The van der Waals surface area contributed by atoms with Crippen LogP contribution in [0.2, 0.25) is 0 Å². The van der Waals surface area contributed by atoms with Crippen molar-refractivity contribution in [2.75, 3.05) is 13.2 Å². The van der Waals surface area contributed by atoms with E-state index in [2.05, 4.69) is 80.2 Å². The molecule has 0 aromatic heterocycles. The molecule has 0 bridgehead atoms. The third-order valence-corrected chi connectivity index (χ3v) is 9.05. The van der Waals surface area contributed by atoms with Gasteiger partial charge < -0.3 is 9.84 Å². The van der Waals surface area contributed by atoms with Gasteiger partial charge >= 0.3 is 5.97 Å². The lowest BCUT2D eigenvalue weighted by Gasteiger charge is -2.29. The third-order valence-electron chi connectivity index (χ3n) is 9.05. The monoisotopic (exact) mass is 548 g/mol. The van der Waals surface area contributed by atoms with Gasteiger partial charge in [0.1, 0.15) is 6.61 Å². The van der Waals surface area contributed by atoms with Crippen molar-refractivity contribution in [1.29, 1.82) is 0 Å². The fraction of sp³-hybridized carbons (Fsp3) is 0.395. The van der Waals surface area contributed by atoms with E-state index in [0.29, 0.717) is 11.5 Å². The molecular weight excluding hydrogens is 504 g/mol. The summed E-state index contributed by atoms with van der Waals surface area (Å²) in [6, 6.07) is 26.6. The first kappa shape index (κ1) is 29.1. The molecule has 41 heavy (non-hydrogen) atoms. The average Bonchev–Trinajstić information content (AvgIpc) is 3.00. The molecule has 0 saturated heterocycles. The molecule has 1 N–H and O–H groups in total. The van der Waals surface area contributed by atoms with Gasteiger partial charge in [-0.25, -0.2) is 4.79 Å². The second kappa shape index (κ2) is 13.5. The molecule has 0 aliphatic heterocycles. The van der Waals surface area contributed by atoms with Crippen LogP contribution in [0.1, 0.15) is 88.2 Å². The van der Waals surface area contributed by atoms with Gasteiger partial charge in [0, 0.05) is 11.5 Å². The number of aliphatic hydroxyl groups excluding tert-OH is 1. The van der Waals surface area contributed by atoms with E-state index in [0.717, 1.165) is 22.3 Å². The number of benzene rings is 4. The Morgan fingerprint density at radius 3 is 2.10 bits per heavy atom. The lowest BCUT2D eigenvalue weighted by Crippen LogP contribution is -2.16. The molecule has 4 aromatic rings. The molecule has 5 rings (SSSR count). The Labute approximate surface area is 245 Å². The van der Waals surface area contributed by atoms with Gasteiger partial charge in [0.25, 0.3) is 0 Å². The second-order valence-electron chi connectivity index (χ2n) is 12.1. The zero-order valence-corrected chi connectivity index (χ0v) is 24.7. The topological polar surface area (TPSA) is 46.5 Å². The van der Waals surface area contributed by atoms with E-state index in [9.17, 15) is 9.90 Å². The maximum absolute atomic E-state index is 11.8. The third kappa shape index (κ3) is 7.08. The molecule has 0 spiro atoms. The normalized spacial score (nSPS) is 17.9. The Balaban J connectivity index is 1.28. The second-order valence-corrected chi connectivity index (χ2v) is 12.1. The van der Waals surface area contributed by atoms with Gasteiger partial charge in [0.2, 0.25) is 0 Å². The number of carbonyl (C=O) groups excluding carboxylic acids is 1. The molecule has 3 nitrogen and oxygen atoms in total. The molecule has 1 fully saturated rings. The minimum atomic E-state index is -0.430. The first-order valence-electron chi connectivity index (χ1n) is 15.5. The number of hydrogen-bond donors (Lipinski definition) is 1. The van der Waals surface area contributed by atoms with E-state index >= 15 is 0 Å². The standard InChI is InChI=1S/C38H44O3/c1-4-5-6-7-27-8-10-28(11-9-27)29-12-13-31-21-32(15-14-30(31)20-29)33-16-17-35-23-36(19-18-34(35)22-33)37(24-39)25-41-38(40)26(2)3/h12-23,27-28,37,39H,2,4-11,24-25H2,1,3H3. The zero-order valence-electron chi connectivity index (χ0n) is 24.7. The fourth-order valence-corrected chi connectivity index (χ4v) is 6.42. The summed E-state index contributed by atoms with van der Waals surface area (Å²) in [5, 5.41) is 14.8. The minimum absolute atomic E-state index is 0.0911. The number of ether oxygens (including phenoxy) is 1. The van der Waals surface area contributed by atoms with Gasteiger partial charge in [-0.3, -0.25) is 0 Å². The first-order valence-corrected chi connectivity index (χ1v) is 15.5. The highest BCUT2D eigenvalue weighted by molar-refractivity contribution is 5.92. The zero-order chi connectivity index (χ0) is 28.8. The van der Waals surface area contributed by atoms with Gasteiger partial charge in [0.15, 0.2) is 0 Å². The van der Waals surface area contributed by atoms with Crippen LogP contribution in [0.3, 0.4) is 0 Å². The van der Waals surface area contributed by atoms with Crippen LogP contribution in [0.15, 0.2) is 84.9 Å². The van der Waals surface area contributed by atoms with Crippen molar-refractivity contribution in [1.82, 2.24) is 0 Å². The maximum Gasteiger partial charge on any atom is 0.333 e. The summed E-state index contributed by atoms with van der Waals surface area (Å²) in [6.45, 7) is 7.58. The molecule has 1 unspecified atom stereocenters. The highest BCUT2D eigenvalue weighted by atomic mass is 16.5. The van der Waals surface area contributed by atoms with Crippen LogP contribution in [-0.2, 0) is 9.53 Å². The molecule has 4 aromatic carbocycles.